The Labute approximate surface area is 127 Å². The topological polar surface area (TPSA) is 20.7 Å². The predicted molar refractivity (Wildman–Crippen MR) is 81.1 cm³/mol. The Kier molecular flexibility index (Phi) is 3.20. The van der Waals surface area contributed by atoms with Gasteiger partial charge < -0.3 is 4.98 Å². The first-order chi connectivity index (χ1) is 9.08. The second-order valence-electron chi connectivity index (χ2n) is 4.00. The second-order valence-corrected chi connectivity index (χ2v) is 5.65. The Bertz CT molecular complexity index is 840. The molecule has 0 amide bonds. The highest BCUT2D eigenvalue weighted by molar-refractivity contribution is 9.10. The summed E-state index contributed by atoms with van der Waals surface area (Å²) in [7, 11) is 0. The normalized spacial score (nSPS) is 11.1. The first-order valence-corrected chi connectivity index (χ1v) is 7.00. The summed E-state index contributed by atoms with van der Waals surface area (Å²) in [5.74, 6) is -0.312. The smallest absolute Gasteiger partial charge is 0.182 e. The van der Waals surface area contributed by atoms with Crippen molar-refractivity contribution in [2.75, 3.05) is 0 Å². The molecule has 0 saturated carbocycles. The van der Waals surface area contributed by atoms with Crippen molar-refractivity contribution in [3.63, 3.8) is 0 Å². The van der Waals surface area contributed by atoms with Gasteiger partial charge in [-0.2, -0.15) is 0 Å². The molecule has 0 fully saturated rings. The Hall–Kier alpha value is -1.17. The number of aromatic amines is 1. The van der Waals surface area contributed by atoms with E-state index in [0.29, 0.717) is 14.3 Å². The SMILES string of the molecule is Fc1ccc(-n2c(=S)[nH]c3cccc(Cl)c32)c(Br)c1. The van der Waals surface area contributed by atoms with Crippen LogP contribution in [-0.2, 0) is 0 Å². The van der Waals surface area contributed by atoms with Crippen LogP contribution in [0.25, 0.3) is 16.7 Å². The fourth-order valence-corrected chi connectivity index (χ4v) is 3.10. The molecule has 0 aliphatic heterocycles. The van der Waals surface area contributed by atoms with E-state index in [0.717, 1.165) is 16.7 Å². The van der Waals surface area contributed by atoms with Gasteiger partial charge in [-0.3, -0.25) is 4.57 Å². The van der Waals surface area contributed by atoms with Crippen LogP contribution in [0, 0.1) is 10.6 Å². The maximum Gasteiger partial charge on any atom is 0.182 e. The van der Waals surface area contributed by atoms with Crippen molar-refractivity contribution < 1.29 is 4.39 Å². The van der Waals surface area contributed by atoms with E-state index in [4.69, 9.17) is 23.8 Å². The van der Waals surface area contributed by atoms with Gasteiger partial charge in [0.05, 0.1) is 21.7 Å². The molecule has 0 spiro atoms. The van der Waals surface area contributed by atoms with Crippen LogP contribution in [0.1, 0.15) is 0 Å². The van der Waals surface area contributed by atoms with Gasteiger partial charge in [-0.15, -0.1) is 0 Å². The van der Waals surface area contributed by atoms with Crippen molar-refractivity contribution in [3.05, 3.63) is 56.5 Å². The van der Waals surface area contributed by atoms with Crippen molar-refractivity contribution in [2.45, 2.75) is 0 Å². The standard InChI is InChI=1S/C13H7BrClFN2S/c14-8-6-7(16)4-5-11(8)18-12-9(15)2-1-3-10(12)17-13(18)19/h1-6H,(H,17,19). The Morgan fingerprint density at radius 1 is 1.26 bits per heavy atom. The zero-order valence-electron chi connectivity index (χ0n) is 9.45. The Balaban J connectivity index is 2.42. The predicted octanol–water partition coefficient (Wildman–Crippen LogP) is 5.24. The van der Waals surface area contributed by atoms with E-state index in [9.17, 15) is 4.39 Å². The lowest BCUT2D eigenvalue weighted by Gasteiger charge is -2.08. The highest BCUT2D eigenvalue weighted by atomic mass is 79.9. The molecule has 0 aliphatic rings. The van der Waals surface area contributed by atoms with Crippen LogP contribution in [0.3, 0.4) is 0 Å². The van der Waals surface area contributed by atoms with Crippen molar-refractivity contribution >= 4 is 50.8 Å². The zero-order valence-corrected chi connectivity index (χ0v) is 12.6. The summed E-state index contributed by atoms with van der Waals surface area (Å²) in [6.07, 6.45) is 0. The summed E-state index contributed by atoms with van der Waals surface area (Å²) < 4.78 is 16.1. The van der Waals surface area contributed by atoms with Gasteiger partial charge in [0.15, 0.2) is 4.77 Å². The number of para-hydroxylation sites is 1. The number of nitrogens with zero attached hydrogens (tertiary/aromatic N) is 1. The van der Waals surface area contributed by atoms with Gasteiger partial charge in [-0.1, -0.05) is 17.7 Å². The number of imidazole rings is 1. The molecule has 1 heterocycles. The summed E-state index contributed by atoms with van der Waals surface area (Å²) in [5, 5.41) is 0.584. The number of halogens is 3. The Morgan fingerprint density at radius 3 is 2.79 bits per heavy atom. The number of H-pyrrole nitrogens is 1. The minimum Gasteiger partial charge on any atom is -0.330 e. The van der Waals surface area contributed by atoms with Crippen LogP contribution in [0.4, 0.5) is 4.39 Å². The molecule has 0 unspecified atom stereocenters. The summed E-state index contributed by atoms with van der Waals surface area (Å²) in [4.78, 5) is 3.09. The molecule has 2 nitrogen and oxygen atoms in total. The number of nitrogens with one attached hydrogen (secondary N) is 1. The maximum absolute atomic E-state index is 13.2. The molecule has 2 aromatic carbocycles. The molecule has 0 atom stereocenters. The molecule has 1 N–H and O–H groups in total. The zero-order chi connectivity index (χ0) is 13.6. The van der Waals surface area contributed by atoms with Crippen molar-refractivity contribution in [3.8, 4) is 5.69 Å². The van der Waals surface area contributed by atoms with Crippen molar-refractivity contribution in [1.82, 2.24) is 9.55 Å². The molecular weight excluding hydrogens is 351 g/mol. The van der Waals surface area contributed by atoms with Crippen LogP contribution >= 0.6 is 39.7 Å². The minimum atomic E-state index is -0.312. The molecule has 1 aromatic heterocycles. The highest BCUT2D eigenvalue weighted by Crippen LogP contribution is 2.30. The van der Waals surface area contributed by atoms with Crippen molar-refractivity contribution in [1.29, 1.82) is 0 Å². The molecule has 0 radical (unpaired) electrons. The molecular formula is C13H7BrClFN2S. The lowest BCUT2D eigenvalue weighted by atomic mass is 10.2. The highest BCUT2D eigenvalue weighted by Gasteiger charge is 2.12. The van der Waals surface area contributed by atoms with Gasteiger partial charge in [0, 0.05) is 4.47 Å². The van der Waals surface area contributed by atoms with Gasteiger partial charge in [0.1, 0.15) is 5.82 Å². The molecule has 6 heteroatoms. The van der Waals surface area contributed by atoms with Crippen LogP contribution in [0.15, 0.2) is 40.9 Å². The molecule has 96 valence electrons. The molecule has 3 aromatic rings. The van der Waals surface area contributed by atoms with Crippen LogP contribution in [-0.4, -0.2) is 9.55 Å². The molecule has 0 saturated heterocycles. The quantitative estimate of drug-likeness (QED) is 0.590. The number of hydrogen-bond donors (Lipinski definition) is 1. The first kappa shape index (κ1) is 12.8. The van der Waals surface area contributed by atoms with Gasteiger partial charge in [-0.25, -0.2) is 4.39 Å². The minimum absolute atomic E-state index is 0.312. The van der Waals surface area contributed by atoms with Gasteiger partial charge in [-0.05, 0) is 58.5 Å². The number of hydrogen-bond acceptors (Lipinski definition) is 1. The Morgan fingerprint density at radius 2 is 2.05 bits per heavy atom. The van der Waals surface area contributed by atoms with E-state index in [-0.39, 0.29) is 5.82 Å². The molecule has 3 rings (SSSR count). The number of rotatable bonds is 1. The van der Waals surface area contributed by atoms with E-state index >= 15 is 0 Å². The van der Waals surface area contributed by atoms with Gasteiger partial charge in [0.25, 0.3) is 0 Å². The summed E-state index contributed by atoms with van der Waals surface area (Å²) >= 11 is 14.9. The first-order valence-electron chi connectivity index (χ1n) is 5.42. The van der Waals surface area contributed by atoms with E-state index in [1.165, 1.54) is 12.1 Å². The van der Waals surface area contributed by atoms with E-state index in [1.807, 2.05) is 12.1 Å². The summed E-state index contributed by atoms with van der Waals surface area (Å²) in [6.45, 7) is 0. The third-order valence-electron chi connectivity index (χ3n) is 2.81. The van der Waals surface area contributed by atoms with E-state index in [2.05, 4.69) is 20.9 Å². The van der Waals surface area contributed by atoms with Crippen LogP contribution < -0.4 is 0 Å². The van der Waals surface area contributed by atoms with Gasteiger partial charge in [0.2, 0.25) is 0 Å². The van der Waals surface area contributed by atoms with Gasteiger partial charge >= 0.3 is 0 Å². The van der Waals surface area contributed by atoms with Crippen LogP contribution in [0.5, 0.6) is 0 Å². The molecule has 0 aliphatic carbocycles. The third kappa shape index (κ3) is 2.12. The summed E-state index contributed by atoms with van der Waals surface area (Å²) in [5.41, 5.74) is 2.36. The van der Waals surface area contributed by atoms with Crippen LogP contribution in [0.2, 0.25) is 5.02 Å². The monoisotopic (exact) mass is 356 g/mol. The lowest BCUT2D eigenvalue weighted by molar-refractivity contribution is 0.626. The fourth-order valence-electron chi connectivity index (χ4n) is 2.01. The average Bonchev–Trinajstić information content (AvgIpc) is 2.67. The molecule has 0 bridgehead atoms. The maximum atomic E-state index is 13.2. The number of fused-ring (bicyclic) bond motifs is 1. The average molecular weight is 358 g/mol. The summed E-state index contributed by atoms with van der Waals surface area (Å²) in [6, 6.07) is 9.97. The third-order valence-corrected chi connectivity index (χ3v) is 4.03. The molecule has 19 heavy (non-hydrogen) atoms. The largest absolute Gasteiger partial charge is 0.330 e. The second kappa shape index (κ2) is 4.74. The fraction of sp³-hybridized carbons (Fsp3) is 0. The lowest BCUT2D eigenvalue weighted by Crippen LogP contribution is -1.96. The van der Waals surface area contributed by atoms with E-state index < -0.39 is 0 Å². The van der Waals surface area contributed by atoms with E-state index in [1.54, 1.807) is 16.7 Å². The number of aromatic nitrogens is 2. The number of benzene rings is 2. The van der Waals surface area contributed by atoms with Crippen molar-refractivity contribution in [2.24, 2.45) is 0 Å².